The molecule has 1 amide bonds. The molecule has 0 aromatic carbocycles. The smallest absolute Gasteiger partial charge is 0.305 e. The van der Waals surface area contributed by atoms with Gasteiger partial charge in [-0.2, -0.15) is 0 Å². The highest BCUT2D eigenvalue weighted by molar-refractivity contribution is 5.76. The Morgan fingerprint density at radius 2 is 0.732 bits per heavy atom. The number of allylic oxidation sites excluding steroid dienone is 9. The van der Waals surface area contributed by atoms with Gasteiger partial charge < -0.3 is 20.3 Å². The zero-order valence-electron chi connectivity index (χ0n) is 47.2. The number of unbranched alkanes of at least 4 members (excludes halogenated alkanes) is 38. The molecule has 71 heavy (non-hydrogen) atoms. The number of esters is 1. The van der Waals surface area contributed by atoms with Gasteiger partial charge in [0, 0.05) is 12.8 Å². The largest absolute Gasteiger partial charge is 0.466 e. The van der Waals surface area contributed by atoms with Crippen molar-refractivity contribution in [2.45, 2.75) is 328 Å². The molecule has 0 aliphatic heterocycles. The van der Waals surface area contributed by atoms with Crippen LogP contribution in [-0.4, -0.2) is 47.4 Å². The molecule has 0 heterocycles. The fourth-order valence-electron chi connectivity index (χ4n) is 9.23. The van der Waals surface area contributed by atoms with E-state index in [4.69, 9.17) is 4.74 Å². The van der Waals surface area contributed by atoms with Gasteiger partial charge in [0.2, 0.25) is 5.91 Å². The Bertz CT molecular complexity index is 1240. The Hall–Kier alpha value is -2.44. The van der Waals surface area contributed by atoms with Crippen LogP contribution in [0.15, 0.2) is 60.8 Å². The van der Waals surface area contributed by atoms with Gasteiger partial charge in [-0.1, -0.05) is 274 Å². The fraction of sp³-hybridized carbons (Fsp3) is 0.815. The number of aliphatic hydroxyl groups excluding tert-OH is 2. The van der Waals surface area contributed by atoms with Crippen molar-refractivity contribution in [2.24, 2.45) is 0 Å². The maximum atomic E-state index is 12.4. The van der Waals surface area contributed by atoms with E-state index in [1.807, 2.05) is 6.08 Å². The maximum Gasteiger partial charge on any atom is 0.305 e. The third-order valence-electron chi connectivity index (χ3n) is 14.0. The molecule has 0 fully saturated rings. The minimum absolute atomic E-state index is 0.00327. The maximum absolute atomic E-state index is 12.4. The second-order valence-corrected chi connectivity index (χ2v) is 21.0. The van der Waals surface area contributed by atoms with Crippen LogP contribution >= 0.6 is 0 Å². The van der Waals surface area contributed by atoms with E-state index in [2.05, 4.69) is 67.8 Å². The molecular weight excluding hydrogens is 875 g/mol. The fourth-order valence-corrected chi connectivity index (χ4v) is 9.23. The third-order valence-corrected chi connectivity index (χ3v) is 14.0. The monoisotopic (exact) mass is 994 g/mol. The van der Waals surface area contributed by atoms with Crippen LogP contribution in [0.2, 0.25) is 0 Å². The standard InChI is InChI=1S/C65H119NO5/c1-3-5-7-9-11-13-15-35-39-43-47-51-55-59-65(70)71-60-56-52-48-44-40-37-34-32-30-28-26-24-22-20-18-16-17-19-21-23-25-27-29-31-33-36-38-42-46-50-54-58-64(69)66-62(61-67)63(68)57-53-49-45-41-14-12-10-8-6-4-2/h7,9,13,15,18,20,24,26,53,57,62-63,67-68H,3-6,8,10-12,14,16-17,19,21-23,25,27-52,54-56,58-61H2,1-2H3,(H,66,69)/b9-7-,15-13-,20-18-,26-24-,57-53+. The predicted molar refractivity (Wildman–Crippen MR) is 310 cm³/mol. The van der Waals surface area contributed by atoms with Crippen LogP contribution in [0, 0.1) is 0 Å². The van der Waals surface area contributed by atoms with Crippen LogP contribution < -0.4 is 5.32 Å². The SMILES string of the molecule is CCC/C=C\C/C=C\CCCCCCCC(=O)OCCCCCCCCCCC/C=C\C/C=C\CCCCCCCCCCCCCCCCCC(=O)NC(CO)C(O)/C=C/CCCCCCCCCC. The summed E-state index contributed by atoms with van der Waals surface area (Å²) in [7, 11) is 0. The van der Waals surface area contributed by atoms with Crippen LogP contribution in [0.3, 0.4) is 0 Å². The van der Waals surface area contributed by atoms with Gasteiger partial charge in [0.15, 0.2) is 0 Å². The number of carbonyl (C=O) groups is 2. The molecule has 0 saturated heterocycles. The van der Waals surface area contributed by atoms with E-state index in [1.54, 1.807) is 6.08 Å². The number of amides is 1. The molecule has 0 aliphatic rings. The van der Waals surface area contributed by atoms with Crippen molar-refractivity contribution in [3.63, 3.8) is 0 Å². The van der Waals surface area contributed by atoms with Gasteiger partial charge in [-0.25, -0.2) is 0 Å². The summed E-state index contributed by atoms with van der Waals surface area (Å²) >= 11 is 0. The summed E-state index contributed by atoms with van der Waals surface area (Å²) in [4.78, 5) is 24.4. The molecule has 0 aromatic rings. The van der Waals surface area contributed by atoms with Crippen LogP contribution in [0.5, 0.6) is 0 Å². The molecule has 0 aliphatic carbocycles. The Kier molecular flexibility index (Phi) is 58.1. The highest BCUT2D eigenvalue weighted by atomic mass is 16.5. The molecule has 2 unspecified atom stereocenters. The first-order valence-corrected chi connectivity index (χ1v) is 31.1. The number of hydrogen-bond donors (Lipinski definition) is 3. The summed E-state index contributed by atoms with van der Waals surface area (Å²) in [6, 6.07) is -0.626. The normalized spacial score (nSPS) is 13.0. The first-order chi connectivity index (χ1) is 35.0. The molecule has 0 rings (SSSR count). The number of rotatable bonds is 57. The van der Waals surface area contributed by atoms with Crippen LogP contribution in [-0.2, 0) is 14.3 Å². The Morgan fingerprint density at radius 3 is 1.13 bits per heavy atom. The summed E-state index contributed by atoms with van der Waals surface area (Å²) in [6.45, 7) is 4.81. The molecular formula is C65H119NO5. The molecule has 0 saturated carbocycles. The lowest BCUT2D eigenvalue weighted by Gasteiger charge is -2.20. The molecule has 0 spiro atoms. The lowest BCUT2D eigenvalue weighted by molar-refractivity contribution is -0.143. The summed E-state index contributed by atoms with van der Waals surface area (Å²) in [6.07, 6.45) is 78.5. The summed E-state index contributed by atoms with van der Waals surface area (Å²) < 4.78 is 5.46. The zero-order valence-corrected chi connectivity index (χ0v) is 47.2. The Labute approximate surface area is 441 Å². The van der Waals surface area contributed by atoms with Crippen LogP contribution in [0.4, 0.5) is 0 Å². The van der Waals surface area contributed by atoms with Crippen molar-refractivity contribution >= 4 is 11.9 Å². The number of ether oxygens (including phenoxy) is 1. The molecule has 0 bridgehead atoms. The third kappa shape index (κ3) is 56.7. The summed E-state index contributed by atoms with van der Waals surface area (Å²) in [5.74, 6) is -0.0729. The average Bonchev–Trinajstić information content (AvgIpc) is 3.37. The van der Waals surface area contributed by atoms with E-state index in [1.165, 1.54) is 231 Å². The van der Waals surface area contributed by atoms with E-state index < -0.39 is 12.1 Å². The molecule has 6 nitrogen and oxygen atoms in total. The van der Waals surface area contributed by atoms with E-state index in [0.29, 0.717) is 19.4 Å². The van der Waals surface area contributed by atoms with Crippen LogP contribution in [0.1, 0.15) is 316 Å². The van der Waals surface area contributed by atoms with Crippen molar-refractivity contribution in [3.8, 4) is 0 Å². The molecule has 0 radical (unpaired) electrons. The van der Waals surface area contributed by atoms with Crippen molar-refractivity contribution < 1.29 is 24.5 Å². The molecule has 3 N–H and O–H groups in total. The lowest BCUT2D eigenvalue weighted by atomic mass is 10.0. The predicted octanol–water partition coefficient (Wildman–Crippen LogP) is 19.5. The number of nitrogens with one attached hydrogen (secondary N) is 1. The van der Waals surface area contributed by atoms with Gasteiger partial charge in [-0.3, -0.25) is 9.59 Å². The minimum atomic E-state index is -0.843. The van der Waals surface area contributed by atoms with E-state index in [-0.39, 0.29) is 18.5 Å². The van der Waals surface area contributed by atoms with E-state index in [9.17, 15) is 19.8 Å². The van der Waals surface area contributed by atoms with Gasteiger partial charge in [0.05, 0.1) is 25.4 Å². The first kappa shape index (κ1) is 68.6. The summed E-state index contributed by atoms with van der Waals surface area (Å²) in [5, 5.41) is 23.0. The molecule has 414 valence electrons. The van der Waals surface area contributed by atoms with E-state index in [0.717, 1.165) is 57.8 Å². The Morgan fingerprint density at radius 1 is 0.394 bits per heavy atom. The number of aliphatic hydroxyl groups is 2. The van der Waals surface area contributed by atoms with Crippen LogP contribution in [0.25, 0.3) is 0 Å². The lowest BCUT2D eigenvalue weighted by Crippen LogP contribution is -2.45. The second-order valence-electron chi connectivity index (χ2n) is 21.0. The minimum Gasteiger partial charge on any atom is -0.466 e. The topological polar surface area (TPSA) is 95.9 Å². The van der Waals surface area contributed by atoms with Crippen molar-refractivity contribution in [2.75, 3.05) is 13.2 Å². The Balaban J connectivity index is 3.40. The second kappa shape index (κ2) is 60.1. The average molecular weight is 995 g/mol. The zero-order chi connectivity index (χ0) is 51.4. The van der Waals surface area contributed by atoms with Crippen molar-refractivity contribution in [3.05, 3.63) is 60.8 Å². The van der Waals surface area contributed by atoms with Crippen molar-refractivity contribution in [1.29, 1.82) is 0 Å². The molecule has 0 aromatic heterocycles. The van der Waals surface area contributed by atoms with Crippen molar-refractivity contribution in [1.82, 2.24) is 5.32 Å². The highest BCUT2D eigenvalue weighted by Gasteiger charge is 2.18. The van der Waals surface area contributed by atoms with E-state index >= 15 is 0 Å². The van der Waals surface area contributed by atoms with Gasteiger partial charge >= 0.3 is 5.97 Å². The van der Waals surface area contributed by atoms with Gasteiger partial charge in [0.25, 0.3) is 0 Å². The molecule has 2 atom stereocenters. The summed E-state index contributed by atoms with van der Waals surface area (Å²) in [5.41, 5.74) is 0. The van der Waals surface area contributed by atoms with Gasteiger partial charge in [-0.05, 0) is 89.9 Å². The quantitative estimate of drug-likeness (QED) is 0.0321. The number of carbonyl (C=O) groups excluding carboxylic acids is 2. The first-order valence-electron chi connectivity index (χ1n) is 31.1. The van der Waals surface area contributed by atoms with Gasteiger partial charge in [0.1, 0.15) is 0 Å². The highest BCUT2D eigenvalue weighted by Crippen LogP contribution is 2.16. The molecule has 6 heteroatoms. The van der Waals surface area contributed by atoms with Gasteiger partial charge in [-0.15, -0.1) is 0 Å². The number of hydrogen-bond acceptors (Lipinski definition) is 5.